The second-order valence-electron chi connectivity index (χ2n) is 5.45. The molecule has 2 aromatic rings. The number of pyridine rings is 1. The second-order valence-corrected chi connectivity index (χ2v) is 5.45. The van der Waals surface area contributed by atoms with E-state index in [9.17, 15) is 0 Å². The number of ether oxygens (including phenoxy) is 1. The quantitative estimate of drug-likeness (QED) is 0.670. The monoisotopic (exact) mass is 281 g/mol. The summed E-state index contributed by atoms with van der Waals surface area (Å²) in [5.74, 6) is 0.580. The number of aromatic nitrogens is 1. The first-order valence-electron chi connectivity index (χ1n) is 7.21. The first-order chi connectivity index (χ1) is 10.1. The van der Waals surface area contributed by atoms with Gasteiger partial charge in [-0.25, -0.2) is 4.98 Å². The van der Waals surface area contributed by atoms with Crippen LogP contribution in [-0.2, 0) is 6.42 Å². The Bertz CT molecular complexity index is 681. The van der Waals surface area contributed by atoms with Gasteiger partial charge in [-0.15, -0.1) is 0 Å². The van der Waals surface area contributed by atoms with Gasteiger partial charge in [0.1, 0.15) is 11.9 Å². The first kappa shape index (κ1) is 13.6. The molecule has 0 aliphatic heterocycles. The second kappa shape index (κ2) is 5.56. The average molecular weight is 281 g/mol. The third-order valence-corrected chi connectivity index (χ3v) is 3.82. The van der Waals surface area contributed by atoms with Crippen molar-refractivity contribution in [1.29, 1.82) is 5.41 Å². The molecule has 108 valence electrons. The van der Waals surface area contributed by atoms with Crippen LogP contribution < -0.4 is 10.5 Å². The molecule has 4 heteroatoms. The summed E-state index contributed by atoms with van der Waals surface area (Å²) in [5, 5.41) is 7.56. The maximum atomic E-state index is 7.56. The van der Waals surface area contributed by atoms with Crippen molar-refractivity contribution >= 4 is 5.84 Å². The molecule has 1 aliphatic carbocycles. The molecule has 0 amide bonds. The van der Waals surface area contributed by atoms with Gasteiger partial charge >= 0.3 is 0 Å². The van der Waals surface area contributed by atoms with Gasteiger partial charge in [-0.05, 0) is 43.4 Å². The molecule has 0 radical (unpaired) electrons. The van der Waals surface area contributed by atoms with E-state index in [4.69, 9.17) is 15.9 Å². The minimum absolute atomic E-state index is 0.0315. The van der Waals surface area contributed by atoms with Crippen LogP contribution in [0.3, 0.4) is 0 Å². The molecule has 0 spiro atoms. The average Bonchev–Trinajstić information content (AvgIpc) is 2.47. The molecule has 3 N–H and O–H groups in total. The minimum Gasteiger partial charge on any atom is -0.469 e. The minimum atomic E-state index is 0.0315. The number of fused-ring (bicyclic) bond motifs is 1. The lowest BCUT2D eigenvalue weighted by Crippen LogP contribution is -2.17. The SMILES string of the molecule is Cc1cc(C(=N)N)cc(OC2CCCc3ccccc32)n1. The largest absolute Gasteiger partial charge is 0.469 e. The van der Waals surface area contributed by atoms with Crippen LogP contribution in [0.4, 0.5) is 0 Å². The van der Waals surface area contributed by atoms with Gasteiger partial charge in [0, 0.05) is 17.3 Å². The number of amidine groups is 1. The third kappa shape index (κ3) is 2.89. The van der Waals surface area contributed by atoms with Crippen molar-refractivity contribution in [2.45, 2.75) is 32.3 Å². The number of nitrogens with zero attached hydrogens (tertiary/aromatic N) is 1. The fourth-order valence-electron chi connectivity index (χ4n) is 2.83. The molecule has 0 fully saturated rings. The van der Waals surface area contributed by atoms with Crippen molar-refractivity contribution in [2.24, 2.45) is 5.73 Å². The molecule has 1 heterocycles. The van der Waals surface area contributed by atoms with Crippen LogP contribution in [0.15, 0.2) is 36.4 Å². The number of hydrogen-bond acceptors (Lipinski definition) is 3. The molecular formula is C17H19N3O. The van der Waals surface area contributed by atoms with Gasteiger partial charge in [0.05, 0.1) is 0 Å². The summed E-state index contributed by atoms with van der Waals surface area (Å²) in [6.45, 7) is 1.88. The smallest absolute Gasteiger partial charge is 0.214 e. The zero-order valence-electron chi connectivity index (χ0n) is 12.1. The van der Waals surface area contributed by atoms with Gasteiger partial charge in [0.15, 0.2) is 0 Å². The van der Waals surface area contributed by atoms with E-state index in [0.717, 1.165) is 25.0 Å². The zero-order chi connectivity index (χ0) is 14.8. The summed E-state index contributed by atoms with van der Waals surface area (Å²) in [6, 6.07) is 11.9. The molecule has 1 aromatic carbocycles. The lowest BCUT2D eigenvalue weighted by atomic mass is 9.89. The molecule has 0 bridgehead atoms. The Morgan fingerprint density at radius 2 is 2.14 bits per heavy atom. The van der Waals surface area contributed by atoms with E-state index in [2.05, 4.69) is 23.2 Å². The zero-order valence-corrected chi connectivity index (χ0v) is 12.1. The highest BCUT2D eigenvalue weighted by Crippen LogP contribution is 2.33. The Morgan fingerprint density at radius 1 is 1.33 bits per heavy atom. The number of nitrogens with one attached hydrogen (secondary N) is 1. The van der Waals surface area contributed by atoms with Crippen molar-refractivity contribution in [3.05, 3.63) is 58.8 Å². The lowest BCUT2D eigenvalue weighted by molar-refractivity contribution is 0.175. The van der Waals surface area contributed by atoms with Crippen molar-refractivity contribution in [3.63, 3.8) is 0 Å². The maximum Gasteiger partial charge on any atom is 0.214 e. The molecule has 0 saturated carbocycles. The van der Waals surface area contributed by atoms with Crippen LogP contribution in [0.2, 0.25) is 0 Å². The van der Waals surface area contributed by atoms with Crippen molar-refractivity contribution in [3.8, 4) is 5.88 Å². The highest BCUT2D eigenvalue weighted by molar-refractivity contribution is 5.95. The van der Waals surface area contributed by atoms with Gasteiger partial charge in [-0.2, -0.15) is 0 Å². The number of aryl methyl sites for hydroxylation is 2. The number of rotatable bonds is 3. The third-order valence-electron chi connectivity index (χ3n) is 3.82. The Kier molecular flexibility index (Phi) is 3.60. The normalized spacial score (nSPS) is 17.1. The van der Waals surface area contributed by atoms with Crippen LogP contribution in [0.1, 0.15) is 41.3 Å². The van der Waals surface area contributed by atoms with Crippen molar-refractivity contribution in [1.82, 2.24) is 4.98 Å². The van der Waals surface area contributed by atoms with Crippen molar-refractivity contribution in [2.75, 3.05) is 0 Å². The van der Waals surface area contributed by atoms with E-state index in [0.29, 0.717) is 11.4 Å². The molecule has 3 rings (SSSR count). The predicted octanol–water partition coefficient (Wildman–Crippen LogP) is 3.13. The number of nitrogen functional groups attached to an aromatic ring is 1. The molecule has 4 nitrogen and oxygen atoms in total. The van der Waals surface area contributed by atoms with Crippen LogP contribution >= 0.6 is 0 Å². The van der Waals surface area contributed by atoms with Gasteiger partial charge in [-0.3, -0.25) is 5.41 Å². The predicted molar refractivity (Wildman–Crippen MR) is 82.7 cm³/mol. The standard InChI is InChI=1S/C17H19N3O/c1-11-9-13(17(18)19)10-16(20-11)21-15-8-4-6-12-5-2-3-7-14(12)15/h2-3,5,7,9-10,15H,4,6,8H2,1H3,(H3,18,19). The summed E-state index contributed by atoms with van der Waals surface area (Å²) in [7, 11) is 0. The first-order valence-corrected chi connectivity index (χ1v) is 7.21. The van der Waals surface area contributed by atoms with E-state index >= 15 is 0 Å². The Hall–Kier alpha value is -2.36. The van der Waals surface area contributed by atoms with Gasteiger partial charge in [-0.1, -0.05) is 24.3 Å². The molecule has 1 aromatic heterocycles. The fraction of sp³-hybridized carbons (Fsp3) is 0.294. The van der Waals surface area contributed by atoms with Gasteiger partial charge in [0.2, 0.25) is 5.88 Å². The van der Waals surface area contributed by atoms with E-state index in [1.807, 2.05) is 13.0 Å². The number of nitrogens with two attached hydrogens (primary N) is 1. The van der Waals surface area contributed by atoms with E-state index in [1.54, 1.807) is 12.1 Å². The summed E-state index contributed by atoms with van der Waals surface area (Å²) < 4.78 is 6.09. The topological polar surface area (TPSA) is 72.0 Å². The Morgan fingerprint density at radius 3 is 2.95 bits per heavy atom. The summed E-state index contributed by atoms with van der Waals surface area (Å²) in [5.41, 5.74) is 9.62. The number of hydrogen-bond donors (Lipinski definition) is 2. The van der Waals surface area contributed by atoms with Crippen LogP contribution in [0.25, 0.3) is 0 Å². The fourth-order valence-corrected chi connectivity index (χ4v) is 2.83. The highest BCUT2D eigenvalue weighted by atomic mass is 16.5. The molecule has 21 heavy (non-hydrogen) atoms. The summed E-state index contributed by atoms with van der Waals surface area (Å²) in [4.78, 5) is 4.41. The lowest BCUT2D eigenvalue weighted by Gasteiger charge is -2.26. The molecule has 1 aliphatic rings. The molecule has 1 unspecified atom stereocenters. The van der Waals surface area contributed by atoms with E-state index in [-0.39, 0.29) is 11.9 Å². The summed E-state index contributed by atoms with van der Waals surface area (Å²) in [6.07, 6.45) is 3.24. The Labute approximate surface area is 124 Å². The van der Waals surface area contributed by atoms with Crippen LogP contribution in [-0.4, -0.2) is 10.8 Å². The molecular weight excluding hydrogens is 262 g/mol. The van der Waals surface area contributed by atoms with E-state index < -0.39 is 0 Å². The van der Waals surface area contributed by atoms with Gasteiger partial charge < -0.3 is 10.5 Å². The van der Waals surface area contributed by atoms with Gasteiger partial charge in [0.25, 0.3) is 0 Å². The molecule has 0 saturated heterocycles. The molecule has 1 atom stereocenters. The highest BCUT2D eigenvalue weighted by Gasteiger charge is 2.22. The van der Waals surface area contributed by atoms with Crippen molar-refractivity contribution < 1.29 is 4.74 Å². The number of benzene rings is 1. The van der Waals surface area contributed by atoms with Crippen LogP contribution in [0, 0.1) is 12.3 Å². The Balaban J connectivity index is 1.90. The maximum absolute atomic E-state index is 7.56. The van der Waals surface area contributed by atoms with E-state index in [1.165, 1.54) is 11.1 Å². The summed E-state index contributed by atoms with van der Waals surface area (Å²) >= 11 is 0. The van der Waals surface area contributed by atoms with Crippen LogP contribution in [0.5, 0.6) is 5.88 Å².